The van der Waals surface area contributed by atoms with E-state index in [-0.39, 0.29) is 0 Å². The number of anilines is 1. The fourth-order valence-electron chi connectivity index (χ4n) is 1.32. The summed E-state index contributed by atoms with van der Waals surface area (Å²) in [4.78, 5) is 1.00. The van der Waals surface area contributed by atoms with Crippen molar-refractivity contribution in [3.05, 3.63) is 23.1 Å². The van der Waals surface area contributed by atoms with E-state index in [4.69, 9.17) is 5.73 Å². The molecule has 2 N–H and O–H groups in total. The highest BCUT2D eigenvalue weighted by Gasteiger charge is 2.08. The predicted octanol–water partition coefficient (Wildman–Crippen LogP) is 3.67. The van der Waals surface area contributed by atoms with Gasteiger partial charge in [0.05, 0.1) is 0 Å². The molecule has 1 aromatic heterocycles. The highest BCUT2D eigenvalue weighted by molar-refractivity contribution is 9.08. The lowest BCUT2D eigenvalue weighted by Gasteiger charge is -2.00. The van der Waals surface area contributed by atoms with E-state index in [1.807, 2.05) is 12.1 Å². The molecule has 0 unspecified atom stereocenters. The van der Waals surface area contributed by atoms with Gasteiger partial charge in [0.25, 0.3) is 0 Å². The molecule has 2 aromatic rings. The average molecular weight is 274 g/mol. The Bertz CT molecular complexity index is 450. The second-order valence-corrected chi connectivity index (χ2v) is 4.69. The van der Waals surface area contributed by atoms with Crippen LogP contribution in [0.15, 0.2) is 22.4 Å². The molecule has 0 amide bonds. The molecular formula is C9H8BrNS2. The van der Waals surface area contributed by atoms with Gasteiger partial charge in [0.15, 0.2) is 0 Å². The number of nitrogen functional groups attached to an aromatic ring is 1. The molecule has 1 aromatic carbocycles. The lowest BCUT2D eigenvalue weighted by Crippen LogP contribution is -1.86. The van der Waals surface area contributed by atoms with Crippen molar-refractivity contribution in [2.45, 2.75) is 10.2 Å². The van der Waals surface area contributed by atoms with Gasteiger partial charge in [0.2, 0.25) is 0 Å². The Morgan fingerprint density at radius 3 is 2.92 bits per heavy atom. The summed E-state index contributed by atoms with van der Waals surface area (Å²) in [6, 6.07) is 3.85. The fourth-order valence-corrected chi connectivity index (χ4v) is 3.34. The Balaban J connectivity index is 2.87. The molecule has 0 aliphatic carbocycles. The molecule has 68 valence electrons. The van der Waals surface area contributed by atoms with Crippen LogP contribution in [0.4, 0.5) is 5.69 Å². The van der Waals surface area contributed by atoms with Crippen LogP contribution < -0.4 is 5.73 Å². The van der Waals surface area contributed by atoms with Gasteiger partial charge in [-0.3, -0.25) is 0 Å². The minimum absolute atomic E-state index is 0.837. The summed E-state index contributed by atoms with van der Waals surface area (Å²) < 4.78 is 1.18. The summed E-state index contributed by atoms with van der Waals surface area (Å²) in [6.07, 6.45) is 0. The Morgan fingerprint density at radius 1 is 1.46 bits per heavy atom. The summed E-state index contributed by atoms with van der Waals surface area (Å²) in [5.74, 6) is 0. The Kier molecular flexibility index (Phi) is 2.53. The zero-order chi connectivity index (χ0) is 9.42. The van der Waals surface area contributed by atoms with Gasteiger partial charge in [0, 0.05) is 26.0 Å². The molecule has 0 radical (unpaired) electrons. The van der Waals surface area contributed by atoms with Crippen molar-refractivity contribution in [3.63, 3.8) is 0 Å². The minimum atomic E-state index is 0.837. The van der Waals surface area contributed by atoms with Crippen LogP contribution in [-0.2, 0) is 5.33 Å². The first-order valence-corrected chi connectivity index (χ1v) is 6.22. The Morgan fingerprint density at radius 2 is 2.23 bits per heavy atom. The molecule has 4 heteroatoms. The second-order valence-electron chi connectivity index (χ2n) is 2.77. The molecule has 13 heavy (non-hydrogen) atoms. The van der Waals surface area contributed by atoms with Crippen LogP contribution in [0.5, 0.6) is 0 Å². The van der Waals surface area contributed by atoms with E-state index in [9.17, 15) is 0 Å². The summed E-state index contributed by atoms with van der Waals surface area (Å²) in [6.45, 7) is 0. The highest BCUT2D eigenvalue weighted by atomic mass is 79.9. The molecule has 1 nitrogen and oxygen atoms in total. The Hall–Kier alpha value is -0.190. The molecule has 0 fully saturated rings. The van der Waals surface area contributed by atoms with Gasteiger partial charge in [-0.15, -0.1) is 24.0 Å². The fraction of sp³-hybridized carbons (Fsp3) is 0.111. The van der Waals surface area contributed by atoms with Gasteiger partial charge in [0.1, 0.15) is 0 Å². The van der Waals surface area contributed by atoms with E-state index in [0.717, 1.165) is 21.3 Å². The molecule has 2 rings (SSSR count). The second kappa shape index (κ2) is 3.52. The van der Waals surface area contributed by atoms with E-state index in [0.29, 0.717) is 0 Å². The summed E-state index contributed by atoms with van der Waals surface area (Å²) in [5, 5.41) is 4.11. The van der Waals surface area contributed by atoms with Crippen molar-refractivity contribution in [3.8, 4) is 0 Å². The first kappa shape index (κ1) is 9.37. The Labute approximate surface area is 94.5 Å². The zero-order valence-corrected chi connectivity index (χ0v) is 10.0. The highest BCUT2D eigenvalue weighted by Crippen LogP contribution is 2.35. The zero-order valence-electron chi connectivity index (χ0n) is 6.75. The van der Waals surface area contributed by atoms with E-state index in [1.165, 1.54) is 10.3 Å². The lowest BCUT2D eigenvalue weighted by atomic mass is 10.1. The maximum absolute atomic E-state index is 5.90. The topological polar surface area (TPSA) is 26.0 Å². The maximum atomic E-state index is 5.90. The number of rotatable bonds is 1. The van der Waals surface area contributed by atoms with Gasteiger partial charge in [-0.2, -0.15) is 0 Å². The molecule has 0 aliphatic heterocycles. The molecule has 0 bridgehead atoms. The van der Waals surface area contributed by atoms with Crippen LogP contribution in [-0.4, -0.2) is 0 Å². The monoisotopic (exact) mass is 273 g/mol. The average Bonchev–Trinajstić information content (AvgIpc) is 2.56. The molecule has 0 aliphatic rings. The number of benzene rings is 1. The SMILES string of the molecule is Nc1ccc(S)c2scc(CBr)c12. The number of halogens is 1. The first-order chi connectivity index (χ1) is 6.24. The van der Waals surface area contributed by atoms with Crippen molar-refractivity contribution in [1.29, 1.82) is 0 Å². The molecule has 0 saturated carbocycles. The predicted molar refractivity (Wildman–Crippen MR) is 66.1 cm³/mol. The van der Waals surface area contributed by atoms with E-state index < -0.39 is 0 Å². The van der Waals surface area contributed by atoms with Gasteiger partial charge in [-0.05, 0) is 23.1 Å². The van der Waals surface area contributed by atoms with Gasteiger partial charge >= 0.3 is 0 Å². The smallest absolute Gasteiger partial charge is 0.0499 e. The van der Waals surface area contributed by atoms with Crippen LogP contribution in [0, 0.1) is 0 Å². The van der Waals surface area contributed by atoms with Crippen molar-refractivity contribution in [1.82, 2.24) is 0 Å². The number of hydrogen-bond acceptors (Lipinski definition) is 3. The van der Waals surface area contributed by atoms with Crippen LogP contribution in [0.1, 0.15) is 5.56 Å². The number of thiophene rings is 1. The molecule has 0 atom stereocenters. The largest absolute Gasteiger partial charge is 0.398 e. The number of fused-ring (bicyclic) bond motifs is 1. The van der Waals surface area contributed by atoms with Gasteiger partial charge in [-0.25, -0.2) is 0 Å². The maximum Gasteiger partial charge on any atom is 0.0499 e. The summed E-state index contributed by atoms with van der Waals surface area (Å²) in [7, 11) is 0. The number of hydrogen-bond donors (Lipinski definition) is 2. The lowest BCUT2D eigenvalue weighted by molar-refractivity contribution is 1.52. The van der Waals surface area contributed by atoms with Crippen LogP contribution in [0.25, 0.3) is 10.1 Å². The quantitative estimate of drug-likeness (QED) is 0.463. The standard InChI is InChI=1S/C9H8BrNS2/c10-3-5-4-13-9-7(12)2-1-6(11)8(5)9/h1-2,4,12H,3,11H2. The van der Waals surface area contributed by atoms with Crippen molar-refractivity contribution in [2.75, 3.05) is 5.73 Å². The van der Waals surface area contributed by atoms with Gasteiger partial charge < -0.3 is 5.73 Å². The number of thiol groups is 1. The van der Waals surface area contributed by atoms with Crippen molar-refractivity contribution >= 4 is 55.7 Å². The van der Waals surface area contributed by atoms with E-state index in [2.05, 4.69) is 33.9 Å². The minimum Gasteiger partial charge on any atom is -0.398 e. The summed E-state index contributed by atoms with van der Waals surface area (Å²) in [5.41, 5.74) is 7.98. The third-order valence-corrected chi connectivity index (χ3v) is 4.14. The van der Waals surface area contributed by atoms with E-state index >= 15 is 0 Å². The summed E-state index contributed by atoms with van der Waals surface area (Å²) >= 11 is 9.52. The third-order valence-electron chi connectivity index (χ3n) is 1.95. The van der Waals surface area contributed by atoms with Crippen molar-refractivity contribution < 1.29 is 0 Å². The molecule has 0 saturated heterocycles. The molecular weight excluding hydrogens is 266 g/mol. The number of nitrogens with two attached hydrogens (primary N) is 1. The van der Waals surface area contributed by atoms with Crippen LogP contribution in [0.3, 0.4) is 0 Å². The van der Waals surface area contributed by atoms with E-state index in [1.54, 1.807) is 11.3 Å². The van der Waals surface area contributed by atoms with Crippen LogP contribution >= 0.6 is 39.9 Å². The first-order valence-electron chi connectivity index (χ1n) is 3.77. The molecule has 1 heterocycles. The normalized spacial score (nSPS) is 10.9. The van der Waals surface area contributed by atoms with Crippen LogP contribution in [0.2, 0.25) is 0 Å². The van der Waals surface area contributed by atoms with Gasteiger partial charge in [-0.1, -0.05) is 15.9 Å². The van der Waals surface area contributed by atoms with Crippen molar-refractivity contribution in [2.24, 2.45) is 0 Å². The number of alkyl halides is 1. The third kappa shape index (κ3) is 1.47. The molecule has 0 spiro atoms.